The molecule has 0 aliphatic heterocycles. The lowest BCUT2D eigenvalue weighted by Gasteiger charge is -2.26. The molecule has 1 N–H and O–H groups in total. The van der Waals surface area contributed by atoms with Crippen LogP contribution in [-0.4, -0.2) is 30.3 Å². The molecule has 0 saturated heterocycles. The molecule has 5 heteroatoms. The van der Waals surface area contributed by atoms with E-state index >= 15 is 0 Å². The number of nitrogens with one attached hydrogen (secondary N) is 1. The second-order valence-corrected chi connectivity index (χ2v) is 6.39. The van der Waals surface area contributed by atoms with E-state index in [1.54, 1.807) is 20.8 Å². The van der Waals surface area contributed by atoms with Gasteiger partial charge in [-0.05, 0) is 32.6 Å². The number of esters is 1. The van der Waals surface area contributed by atoms with Gasteiger partial charge in [-0.1, -0.05) is 27.7 Å². The Morgan fingerprint density at radius 1 is 1.11 bits per heavy atom. The minimum atomic E-state index is -0.695. The molecule has 112 valence electrons. The van der Waals surface area contributed by atoms with Crippen molar-refractivity contribution in [2.24, 2.45) is 11.8 Å². The average Bonchev–Trinajstić information content (AvgIpc) is 2.19. The van der Waals surface area contributed by atoms with Crippen molar-refractivity contribution in [2.45, 2.75) is 60.1 Å². The average molecular weight is 273 g/mol. The maximum atomic E-state index is 12.0. The molecule has 0 aliphatic carbocycles. The Bertz CT molecular complexity index is 305. The first-order valence-corrected chi connectivity index (χ1v) is 6.69. The van der Waals surface area contributed by atoms with E-state index in [2.05, 4.69) is 5.32 Å². The Labute approximate surface area is 116 Å². The van der Waals surface area contributed by atoms with Crippen molar-refractivity contribution in [3.05, 3.63) is 0 Å². The molecular weight excluding hydrogens is 246 g/mol. The summed E-state index contributed by atoms with van der Waals surface area (Å²) in [6.45, 7) is 13.3. The van der Waals surface area contributed by atoms with Gasteiger partial charge in [0.1, 0.15) is 11.6 Å². The third kappa shape index (κ3) is 8.46. The Morgan fingerprint density at radius 2 is 1.63 bits per heavy atom. The van der Waals surface area contributed by atoms with Gasteiger partial charge in [-0.15, -0.1) is 0 Å². The molecule has 0 saturated carbocycles. The van der Waals surface area contributed by atoms with Crippen LogP contribution in [0.4, 0.5) is 4.79 Å². The molecule has 0 rings (SSSR count). The minimum Gasteiger partial charge on any atom is -0.458 e. The van der Waals surface area contributed by atoms with Crippen LogP contribution < -0.4 is 5.32 Å². The Hall–Kier alpha value is -1.26. The largest absolute Gasteiger partial charge is 0.458 e. The summed E-state index contributed by atoms with van der Waals surface area (Å²) in [5.41, 5.74) is -0.576. The lowest BCUT2D eigenvalue weighted by Crippen LogP contribution is -2.47. The van der Waals surface area contributed by atoms with Crippen molar-refractivity contribution in [1.82, 2.24) is 5.32 Å². The molecule has 0 aromatic heterocycles. The molecule has 0 unspecified atom stereocenters. The highest BCUT2D eigenvalue weighted by atomic mass is 16.6. The van der Waals surface area contributed by atoms with Crippen LogP contribution in [0.1, 0.15) is 48.5 Å². The first-order chi connectivity index (χ1) is 8.53. The maximum Gasteiger partial charge on any atom is 0.407 e. The molecule has 0 aromatic rings. The molecule has 1 amide bonds. The van der Waals surface area contributed by atoms with Gasteiger partial charge in [0.2, 0.25) is 0 Å². The summed E-state index contributed by atoms with van der Waals surface area (Å²) < 4.78 is 10.3. The summed E-state index contributed by atoms with van der Waals surface area (Å²) in [5, 5.41) is 2.56. The van der Waals surface area contributed by atoms with Crippen LogP contribution in [0.15, 0.2) is 0 Å². The predicted octanol–water partition coefficient (Wildman–Crippen LogP) is 2.73. The highest BCUT2D eigenvalue weighted by molar-refractivity contribution is 5.81. The summed E-state index contributed by atoms with van der Waals surface area (Å²) in [6, 6.07) is -0.695. The van der Waals surface area contributed by atoms with Gasteiger partial charge in [-0.3, -0.25) is 0 Å². The van der Waals surface area contributed by atoms with E-state index in [9.17, 15) is 9.59 Å². The quantitative estimate of drug-likeness (QED) is 0.782. The van der Waals surface area contributed by atoms with E-state index in [0.717, 1.165) is 0 Å². The van der Waals surface area contributed by atoms with Gasteiger partial charge in [0.05, 0.1) is 6.61 Å². The Kier molecular flexibility index (Phi) is 6.87. The van der Waals surface area contributed by atoms with Crippen molar-refractivity contribution >= 4 is 12.1 Å². The van der Waals surface area contributed by atoms with Gasteiger partial charge in [0.25, 0.3) is 0 Å². The molecule has 0 heterocycles. The highest BCUT2D eigenvalue weighted by Gasteiger charge is 2.29. The lowest BCUT2D eigenvalue weighted by molar-refractivity contribution is -0.158. The number of ether oxygens (including phenoxy) is 2. The second kappa shape index (κ2) is 7.36. The van der Waals surface area contributed by atoms with Crippen molar-refractivity contribution in [3.8, 4) is 0 Å². The van der Waals surface area contributed by atoms with Gasteiger partial charge < -0.3 is 14.8 Å². The Morgan fingerprint density at radius 3 is 2.00 bits per heavy atom. The molecular formula is C14H27NO4. The zero-order chi connectivity index (χ0) is 15.2. The number of carbonyl (C=O) groups is 2. The number of hydrogen-bond acceptors (Lipinski definition) is 4. The number of rotatable bonds is 5. The summed E-state index contributed by atoms with van der Waals surface area (Å²) >= 11 is 0. The number of hydrogen-bond donors (Lipinski definition) is 1. The van der Waals surface area contributed by atoms with E-state index in [4.69, 9.17) is 9.47 Å². The van der Waals surface area contributed by atoms with Crippen LogP contribution in [-0.2, 0) is 14.3 Å². The molecule has 0 radical (unpaired) electrons. The van der Waals surface area contributed by atoms with Crippen molar-refractivity contribution in [1.29, 1.82) is 0 Å². The van der Waals surface area contributed by atoms with Gasteiger partial charge in [0, 0.05) is 0 Å². The summed E-state index contributed by atoms with van der Waals surface area (Å²) in [4.78, 5) is 23.6. The topological polar surface area (TPSA) is 64.6 Å². The molecule has 0 bridgehead atoms. The molecule has 19 heavy (non-hydrogen) atoms. The fourth-order valence-electron chi connectivity index (χ4n) is 1.27. The molecule has 0 aliphatic rings. The van der Waals surface area contributed by atoms with Crippen LogP contribution in [0.5, 0.6) is 0 Å². The number of carbonyl (C=O) groups excluding carboxylic acids is 2. The van der Waals surface area contributed by atoms with Crippen LogP contribution in [0.3, 0.4) is 0 Å². The predicted molar refractivity (Wildman–Crippen MR) is 73.8 cm³/mol. The third-order valence-corrected chi connectivity index (χ3v) is 2.15. The lowest BCUT2D eigenvalue weighted by atomic mass is 10.0. The third-order valence-electron chi connectivity index (χ3n) is 2.15. The van der Waals surface area contributed by atoms with E-state index in [0.29, 0.717) is 6.61 Å². The zero-order valence-corrected chi connectivity index (χ0v) is 13.1. The first kappa shape index (κ1) is 17.7. The van der Waals surface area contributed by atoms with Gasteiger partial charge in [-0.2, -0.15) is 0 Å². The van der Waals surface area contributed by atoms with E-state index in [1.165, 1.54) is 0 Å². The SMILES string of the molecule is CC(C)COC(=O)N[C@@H](C(=O)OC(C)(C)C)C(C)C. The maximum absolute atomic E-state index is 12.0. The highest BCUT2D eigenvalue weighted by Crippen LogP contribution is 2.12. The zero-order valence-electron chi connectivity index (χ0n) is 13.1. The van der Waals surface area contributed by atoms with E-state index < -0.39 is 23.7 Å². The fourth-order valence-corrected chi connectivity index (χ4v) is 1.27. The molecule has 1 atom stereocenters. The summed E-state index contributed by atoms with van der Waals surface area (Å²) in [7, 11) is 0. The first-order valence-electron chi connectivity index (χ1n) is 6.69. The van der Waals surface area contributed by atoms with Crippen LogP contribution in [0.25, 0.3) is 0 Å². The fraction of sp³-hybridized carbons (Fsp3) is 0.857. The van der Waals surface area contributed by atoms with E-state index in [1.807, 2.05) is 27.7 Å². The summed E-state index contributed by atoms with van der Waals surface area (Å²) in [5.74, 6) is -0.254. The molecule has 0 fully saturated rings. The van der Waals surface area contributed by atoms with Crippen LogP contribution in [0.2, 0.25) is 0 Å². The Balaban J connectivity index is 4.49. The normalized spacial score (nSPS) is 13.3. The van der Waals surface area contributed by atoms with Crippen molar-refractivity contribution in [3.63, 3.8) is 0 Å². The number of amides is 1. The van der Waals surface area contributed by atoms with Crippen LogP contribution in [0, 0.1) is 11.8 Å². The minimum absolute atomic E-state index is 0.0681. The molecule has 0 aromatic carbocycles. The standard InChI is InChI=1S/C14H27NO4/c1-9(2)8-18-13(17)15-11(10(3)4)12(16)19-14(5,6)7/h9-11H,8H2,1-7H3,(H,15,17)/t11-/m1/s1. The monoisotopic (exact) mass is 273 g/mol. The van der Waals surface area contributed by atoms with Gasteiger partial charge >= 0.3 is 12.1 Å². The van der Waals surface area contributed by atoms with Gasteiger partial charge in [-0.25, -0.2) is 9.59 Å². The summed E-state index contributed by atoms with van der Waals surface area (Å²) in [6.07, 6.45) is -0.585. The second-order valence-electron chi connectivity index (χ2n) is 6.39. The van der Waals surface area contributed by atoms with E-state index in [-0.39, 0.29) is 11.8 Å². The molecule has 5 nitrogen and oxygen atoms in total. The van der Waals surface area contributed by atoms with Crippen LogP contribution >= 0.6 is 0 Å². The van der Waals surface area contributed by atoms with Crippen molar-refractivity contribution < 1.29 is 19.1 Å². The smallest absolute Gasteiger partial charge is 0.407 e. The van der Waals surface area contributed by atoms with Gasteiger partial charge in [0.15, 0.2) is 0 Å². The molecule has 0 spiro atoms. The number of alkyl carbamates (subject to hydrolysis) is 1. The van der Waals surface area contributed by atoms with Crippen molar-refractivity contribution in [2.75, 3.05) is 6.61 Å².